The van der Waals surface area contributed by atoms with Gasteiger partial charge in [0.15, 0.2) is 0 Å². The van der Waals surface area contributed by atoms with E-state index in [1.807, 2.05) is 0 Å². The molecule has 0 N–H and O–H groups in total. The first-order valence-corrected chi connectivity index (χ1v) is 4.72. The molecule has 0 saturated carbocycles. The maximum Gasteiger partial charge on any atom is 0.269 e. The second-order valence-electron chi connectivity index (χ2n) is 2.91. The zero-order valence-electron chi connectivity index (χ0n) is 7.49. The van der Waals surface area contributed by atoms with E-state index < -0.39 is 4.92 Å². The van der Waals surface area contributed by atoms with Crippen LogP contribution in [-0.4, -0.2) is 10.7 Å². The molecule has 0 aliphatic rings. The predicted molar refractivity (Wildman–Crippen MR) is 55.2 cm³/mol. The van der Waals surface area contributed by atoms with Gasteiger partial charge in [0.25, 0.3) is 5.69 Å². The lowest BCUT2D eigenvalue weighted by molar-refractivity contribution is -0.384. The summed E-state index contributed by atoms with van der Waals surface area (Å²) in [6, 6.07) is 4.38. The number of carbonyl (C=O) groups excluding carboxylic acids is 1. The number of non-ortho nitro benzene ring substituents is 1. The molecule has 0 aromatic heterocycles. The first-order valence-electron chi connectivity index (χ1n) is 3.93. The largest absolute Gasteiger partial charge is 0.300 e. The number of carbonyl (C=O) groups is 1. The molecule has 1 aromatic rings. The van der Waals surface area contributed by atoms with Crippen LogP contribution in [0.1, 0.15) is 12.5 Å². The summed E-state index contributed by atoms with van der Waals surface area (Å²) in [6.07, 6.45) is 0.211. The van der Waals surface area contributed by atoms with Crippen LogP contribution < -0.4 is 0 Å². The first-order chi connectivity index (χ1) is 6.50. The summed E-state index contributed by atoms with van der Waals surface area (Å²) in [7, 11) is 0. The number of nitro benzene ring substituents is 1. The van der Waals surface area contributed by atoms with Crippen molar-refractivity contribution >= 4 is 27.4 Å². The molecule has 0 fully saturated rings. The van der Waals surface area contributed by atoms with E-state index in [9.17, 15) is 14.9 Å². The maximum absolute atomic E-state index is 10.9. The van der Waals surface area contributed by atoms with Gasteiger partial charge in [-0.05, 0) is 18.6 Å². The van der Waals surface area contributed by atoms with Gasteiger partial charge in [-0.25, -0.2) is 0 Å². The van der Waals surface area contributed by atoms with Gasteiger partial charge in [0.2, 0.25) is 0 Å². The molecule has 0 aliphatic carbocycles. The van der Waals surface area contributed by atoms with E-state index >= 15 is 0 Å². The third-order valence-corrected chi connectivity index (χ3v) is 2.45. The maximum atomic E-state index is 10.9. The number of halogens is 1. The lowest BCUT2D eigenvalue weighted by Gasteiger charge is -2.01. The minimum Gasteiger partial charge on any atom is -0.300 e. The van der Waals surface area contributed by atoms with Crippen molar-refractivity contribution in [3.05, 3.63) is 38.3 Å². The van der Waals surface area contributed by atoms with E-state index in [2.05, 4.69) is 15.9 Å². The van der Waals surface area contributed by atoms with E-state index in [0.717, 1.165) is 4.47 Å². The van der Waals surface area contributed by atoms with Gasteiger partial charge < -0.3 is 0 Å². The fourth-order valence-electron chi connectivity index (χ4n) is 1.08. The molecular weight excluding hydrogens is 250 g/mol. The van der Waals surface area contributed by atoms with E-state index in [0.29, 0.717) is 5.56 Å². The average molecular weight is 258 g/mol. The monoisotopic (exact) mass is 257 g/mol. The van der Waals surface area contributed by atoms with Crippen LogP contribution in [0.25, 0.3) is 0 Å². The molecule has 0 unspecified atom stereocenters. The van der Waals surface area contributed by atoms with Crippen molar-refractivity contribution in [2.75, 3.05) is 0 Å². The Bertz CT molecular complexity index is 390. The number of ketones is 1. The van der Waals surface area contributed by atoms with Gasteiger partial charge in [-0.2, -0.15) is 0 Å². The zero-order valence-corrected chi connectivity index (χ0v) is 9.08. The number of nitrogens with zero attached hydrogens (tertiary/aromatic N) is 1. The van der Waals surface area contributed by atoms with Crippen LogP contribution in [0.4, 0.5) is 5.69 Å². The summed E-state index contributed by atoms with van der Waals surface area (Å²) >= 11 is 3.23. The highest BCUT2D eigenvalue weighted by Crippen LogP contribution is 2.22. The van der Waals surface area contributed by atoms with Gasteiger partial charge in [-0.3, -0.25) is 14.9 Å². The van der Waals surface area contributed by atoms with Crippen LogP contribution >= 0.6 is 15.9 Å². The topological polar surface area (TPSA) is 60.2 Å². The smallest absolute Gasteiger partial charge is 0.269 e. The molecule has 1 rings (SSSR count). The molecule has 0 spiro atoms. The van der Waals surface area contributed by atoms with Crippen molar-refractivity contribution in [1.82, 2.24) is 0 Å². The normalized spacial score (nSPS) is 9.86. The molecule has 4 nitrogen and oxygen atoms in total. The molecule has 14 heavy (non-hydrogen) atoms. The highest BCUT2D eigenvalue weighted by Gasteiger charge is 2.10. The fraction of sp³-hybridized carbons (Fsp3) is 0.222. The summed E-state index contributed by atoms with van der Waals surface area (Å²) in [5, 5.41) is 10.5. The molecule has 74 valence electrons. The van der Waals surface area contributed by atoms with Crippen LogP contribution in [0.5, 0.6) is 0 Å². The predicted octanol–water partition coefficient (Wildman–Crippen LogP) is 2.49. The van der Waals surface area contributed by atoms with Crippen LogP contribution in [0, 0.1) is 10.1 Å². The van der Waals surface area contributed by atoms with Crippen molar-refractivity contribution in [2.45, 2.75) is 13.3 Å². The quantitative estimate of drug-likeness (QED) is 0.618. The molecule has 0 atom stereocenters. The Labute approximate surface area is 89.2 Å². The van der Waals surface area contributed by atoms with Crippen molar-refractivity contribution in [3.63, 3.8) is 0 Å². The summed E-state index contributed by atoms with van der Waals surface area (Å²) in [4.78, 5) is 20.8. The summed E-state index contributed by atoms with van der Waals surface area (Å²) < 4.78 is 0.721. The first kappa shape index (κ1) is 10.8. The molecule has 1 aromatic carbocycles. The van der Waals surface area contributed by atoms with Crippen molar-refractivity contribution in [1.29, 1.82) is 0 Å². The van der Waals surface area contributed by atoms with E-state index in [4.69, 9.17) is 0 Å². The Hall–Kier alpha value is -1.23. The van der Waals surface area contributed by atoms with E-state index in [1.165, 1.54) is 19.1 Å². The summed E-state index contributed by atoms with van der Waals surface area (Å²) in [5.41, 5.74) is 0.649. The van der Waals surface area contributed by atoms with Crippen LogP contribution in [0.3, 0.4) is 0 Å². The third-order valence-electron chi connectivity index (χ3n) is 1.68. The van der Waals surface area contributed by atoms with Gasteiger partial charge in [-0.15, -0.1) is 0 Å². The SMILES string of the molecule is CC(=O)Cc1cc([N+](=O)[O-])ccc1Br. The molecule has 5 heteroatoms. The molecule has 0 radical (unpaired) electrons. The number of rotatable bonds is 3. The highest BCUT2D eigenvalue weighted by atomic mass is 79.9. The molecule has 0 saturated heterocycles. The molecule has 0 bridgehead atoms. The van der Waals surface area contributed by atoms with Crippen LogP contribution in [0.15, 0.2) is 22.7 Å². The van der Waals surface area contributed by atoms with Crippen molar-refractivity contribution in [3.8, 4) is 0 Å². The minimum absolute atomic E-state index is 0.00412. The van der Waals surface area contributed by atoms with Crippen molar-refractivity contribution in [2.24, 2.45) is 0 Å². The minimum atomic E-state index is -0.476. The molecule has 0 amide bonds. The fourth-order valence-corrected chi connectivity index (χ4v) is 1.47. The van der Waals surface area contributed by atoms with E-state index in [-0.39, 0.29) is 17.9 Å². The van der Waals surface area contributed by atoms with Crippen LogP contribution in [-0.2, 0) is 11.2 Å². The zero-order chi connectivity index (χ0) is 10.7. The number of hydrogen-bond acceptors (Lipinski definition) is 3. The average Bonchev–Trinajstić information content (AvgIpc) is 2.07. The second kappa shape index (κ2) is 4.32. The standard InChI is InChI=1S/C9H8BrNO3/c1-6(12)4-7-5-8(11(13)14)2-3-9(7)10/h2-3,5H,4H2,1H3. The van der Waals surface area contributed by atoms with Crippen molar-refractivity contribution < 1.29 is 9.72 Å². The Balaban J connectivity index is 3.08. The second-order valence-corrected chi connectivity index (χ2v) is 3.77. The summed E-state index contributed by atoms with van der Waals surface area (Å²) in [5.74, 6) is -0.0220. The lowest BCUT2D eigenvalue weighted by Crippen LogP contribution is -1.98. The van der Waals surface area contributed by atoms with Gasteiger partial charge in [0.05, 0.1) is 4.92 Å². The van der Waals surface area contributed by atoms with Gasteiger partial charge in [0.1, 0.15) is 5.78 Å². The van der Waals surface area contributed by atoms with Gasteiger partial charge in [-0.1, -0.05) is 15.9 Å². The number of hydrogen-bond donors (Lipinski definition) is 0. The Morgan fingerprint density at radius 1 is 1.57 bits per heavy atom. The third kappa shape index (κ3) is 2.63. The Morgan fingerprint density at radius 2 is 2.21 bits per heavy atom. The highest BCUT2D eigenvalue weighted by molar-refractivity contribution is 9.10. The molecule has 0 heterocycles. The van der Waals surface area contributed by atoms with Gasteiger partial charge >= 0.3 is 0 Å². The number of nitro groups is 1. The Kier molecular flexibility index (Phi) is 3.35. The Morgan fingerprint density at radius 3 is 2.71 bits per heavy atom. The van der Waals surface area contributed by atoms with E-state index in [1.54, 1.807) is 6.07 Å². The summed E-state index contributed by atoms with van der Waals surface area (Å²) in [6.45, 7) is 1.45. The van der Waals surface area contributed by atoms with Crippen LogP contribution in [0.2, 0.25) is 0 Å². The molecular formula is C9H8BrNO3. The number of Topliss-reactive ketones (excluding diaryl/α,β-unsaturated/α-hetero) is 1. The van der Waals surface area contributed by atoms with Gasteiger partial charge in [0, 0.05) is 23.0 Å². The lowest BCUT2D eigenvalue weighted by atomic mass is 10.1. The molecule has 0 aliphatic heterocycles. The number of benzene rings is 1.